The number of nitrogens with zero attached hydrogens (tertiary/aromatic N) is 4. The number of aryl methyl sites for hydroxylation is 1. The highest BCUT2D eigenvalue weighted by atomic mass is 16.3. The molecule has 55 heavy (non-hydrogen) atoms. The van der Waals surface area contributed by atoms with Crippen LogP contribution < -0.4 is 15.1 Å². The Labute approximate surface area is 320 Å². The third-order valence-corrected chi connectivity index (χ3v) is 12.2. The van der Waals surface area contributed by atoms with E-state index in [9.17, 15) is 19.8 Å². The van der Waals surface area contributed by atoms with Crippen LogP contribution in [0.5, 0.6) is 11.5 Å². The fourth-order valence-electron chi connectivity index (χ4n) is 9.08. The summed E-state index contributed by atoms with van der Waals surface area (Å²) in [5, 5.41) is 24.6. The number of carbonyl (C=O) groups is 2. The number of carbonyl (C=O) groups excluding carboxylic acids is 2. The van der Waals surface area contributed by atoms with Gasteiger partial charge in [-0.25, -0.2) is 0 Å². The maximum Gasteiger partial charge on any atom is 0.234 e. The molecule has 282 valence electrons. The molecule has 3 saturated heterocycles. The summed E-state index contributed by atoms with van der Waals surface area (Å²) in [4.78, 5) is 31.9. The fraction of sp³-hybridized carbons (Fsp3) is 0.333. The number of furan rings is 1. The Morgan fingerprint density at radius 2 is 1.45 bits per heavy atom. The van der Waals surface area contributed by atoms with Crippen molar-refractivity contribution in [2.45, 2.75) is 45.1 Å². The first-order chi connectivity index (χ1) is 26.8. The number of piperidine rings is 2. The number of aromatic nitrogens is 1. The highest BCUT2D eigenvalue weighted by molar-refractivity contribution is 6.03. The smallest absolute Gasteiger partial charge is 0.234 e. The summed E-state index contributed by atoms with van der Waals surface area (Å²) in [7, 11) is 0. The Hall–Kier alpha value is -5.74. The van der Waals surface area contributed by atoms with Crippen LogP contribution in [0, 0.1) is 12.8 Å². The molecule has 0 saturated carbocycles. The van der Waals surface area contributed by atoms with E-state index in [1.54, 1.807) is 24.5 Å². The molecule has 3 fully saturated rings. The van der Waals surface area contributed by atoms with E-state index >= 15 is 0 Å². The van der Waals surface area contributed by atoms with Gasteiger partial charge in [0.2, 0.25) is 11.8 Å². The van der Waals surface area contributed by atoms with Gasteiger partial charge in [-0.15, -0.1) is 0 Å². The van der Waals surface area contributed by atoms with Crippen LogP contribution >= 0.6 is 0 Å². The largest absolute Gasteiger partial charge is 0.508 e. The second-order valence-electron chi connectivity index (χ2n) is 15.6. The molecule has 10 nitrogen and oxygen atoms in total. The van der Waals surface area contributed by atoms with Gasteiger partial charge in [0.15, 0.2) is 0 Å². The van der Waals surface area contributed by atoms with Crippen molar-refractivity contribution in [3.05, 3.63) is 108 Å². The van der Waals surface area contributed by atoms with Crippen LogP contribution in [0.25, 0.3) is 33.1 Å². The summed E-state index contributed by atoms with van der Waals surface area (Å²) in [5.74, 6) is 0.380. The number of fused-ring (bicyclic) bond motifs is 2. The number of aromatic hydroxyl groups is 2. The van der Waals surface area contributed by atoms with E-state index in [0.717, 1.165) is 95.8 Å². The zero-order chi connectivity index (χ0) is 37.6. The van der Waals surface area contributed by atoms with E-state index in [0.29, 0.717) is 25.3 Å². The van der Waals surface area contributed by atoms with Crippen LogP contribution in [-0.2, 0) is 16.1 Å². The fourth-order valence-corrected chi connectivity index (χ4v) is 9.08. The molecule has 2 amide bonds. The topological polar surface area (TPSA) is 114 Å². The maximum absolute atomic E-state index is 12.6. The predicted octanol–water partition coefficient (Wildman–Crippen LogP) is 7.38. The van der Waals surface area contributed by atoms with E-state index in [2.05, 4.69) is 67.9 Å². The second kappa shape index (κ2) is 14.5. The number of benzene rings is 4. The van der Waals surface area contributed by atoms with Crippen molar-refractivity contribution in [2.24, 2.45) is 5.92 Å². The first kappa shape index (κ1) is 35.0. The second-order valence-corrected chi connectivity index (χ2v) is 15.6. The average molecular weight is 738 g/mol. The van der Waals surface area contributed by atoms with Gasteiger partial charge in [0.1, 0.15) is 17.1 Å². The molecule has 3 aliphatic heterocycles. The van der Waals surface area contributed by atoms with Gasteiger partial charge in [0.25, 0.3) is 0 Å². The molecular weight excluding hydrogens is 691 g/mol. The molecule has 2 aromatic heterocycles. The van der Waals surface area contributed by atoms with Crippen molar-refractivity contribution >= 4 is 45.1 Å². The minimum absolute atomic E-state index is 0.205. The molecule has 0 spiro atoms. The van der Waals surface area contributed by atoms with Crippen LogP contribution in [0.1, 0.15) is 48.3 Å². The molecule has 0 radical (unpaired) electrons. The van der Waals surface area contributed by atoms with Gasteiger partial charge in [-0.05, 0) is 122 Å². The lowest BCUT2D eigenvalue weighted by Crippen LogP contribution is -2.49. The number of anilines is 2. The van der Waals surface area contributed by atoms with Crippen LogP contribution in [-0.4, -0.2) is 77.3 Å². The van der Waals surface area contributed by atoms with Crippen LogP contribution in [0.15, 0.2) is 95.6 Å². The quantitative estimate of drug-likeness (QED) is 0.139. The monoisotopic (exact) mass is 737 g/mol. The normalized spacial score (nSPS) is 18.7. The Balaban J connectivity index is 0.797. The van der Waals surface area contributed by atoms with Gasteiger partial charge < -0.3 is 29.0 Å². The summed E-state index contributed by atoms with van der Waals surface area (Å²) in [6.45, 7) is 10.0. The Bertz CT molecular complexity index is 2360. The first-order valence-corrected chi connectivity index (χ1v) is 19.5. The van der Waals surface area contributed by atoms with Gasteiger partial charge in [-0.3, -0.25) is 19.8 Å². The Kier molecular flexibility index (Phi) is 9.22. The minimum atomic E-state index is -0.359. The number of hydrogen-bond donors (Lipinski definition) is 3. The van der Waals surface area contributed by atoms with Gasteiger partial charge in [-0.2, -0.15) is 0 Å². The Morgan fingerprint density at radius 1 is 0.745 bits per heavy atom. The molecule has 3 N–H and O–H groups in total. The molecule has 4 aromatic carbocycles. The number of hydrogen-bond acceptors (Lipinski definition) is 8. The molecule has 0 aliphatic carbocycles. The van der Waals surface area contributed by atoms with Gasteiger partial charge >= 0.3 is 0 Å². The molecule has 1 atom stereocenters. The number of amides is 2. The molecule has 1 unspecified atom stereocenters. The summed E-state index contributed by atoms with van der Waals surface area (Å²) >= 11 is 0. The number of rotatable bonds is 8. The van der Waals surface area contributed by atoms with Gasteiger partial charge in [0, 0.05) is 92.0 Å². The Morgan fingerprint density at radius 3 is 2.20 bits per heavy atom. The molecule has 10 heteroatoms. The lowest BCUT2D eigenvalue weighted by molar-refractivity contribution is -0.134. The van der Waals surface area contributed by atoms with Crippen molar-refractivity contribution in [1.82, 2.24) is 14.8 Å². The van der Waals surface area contributed by atoms with Crippen molar-refractivity contribution in [3.8, 4) is 22.8 Å². The predicted molar refractivity (Wildman–Crippen MR) is 216 cm³/mol. The van der Waals surface area contributed by atoms with Crippen LogP contribution in [0.2, 0.25) is 0 Å². The number of imide groups is 1. The van der Waals surface area contributed by atoms with Crippen molar-refractivity contribution < 1.29 is 24.2 Å². The molecule has 0 bridgehead atoms. The lowest BCUT2D eigenvalue weighted by atomic mass is 9.90. The van der Waals surface area contributed by atoms with Crippen molar-refractivity contribution in [3.63, 3.8) is 0 Å². The van der Waals surface area contributed by atoms with Crippen molar-refractivity contribution in [1.29, 1.82) is 0 Å². The zero-order valence-electron chi connectivity index (χ0n) is 31.2. The van der Waals surface area contributed by atoms with Crippen LogP contribution in [0.4, 0.5) is 11.4 Å². The summed E-state index contributed by atoms with van der Waals surface area (Å²) in [5.41, 5.74) is 9.56. The van der Waals surface area contributed by atoms with E-state index in [1.807, 2.05) is 30.3 Å². The number of phenolic OH excluding ortho intramolecular Hbond substituents is 2. The van der Waals surface area contributed by atoms with Crippen LogP contribution in [0.3, 0.4) is 0 Å². The number of nitrogens with one attached hydrogen (secondary N) is 1. The maximum atomic E-state index is 12.6. The van der Waals surface area contributed by atoms with E-state index in [1.165, 1.54) is 24.1 Å². The van der Waals surface area contributed by atoms with E-state index in [4.69, 9.17) is 4.42 Å². The first-order valence-electron chi connectivity index (χ1n) is 19.5. The summed E-state index contributed by atoms with van der Waals surface area (Å²) < 4.78 is 8.13. The highest BCUT2D eigenvalue weighted by Crippen LogP contribution is 2.38. The third-order valence-electron chi connectivity index (χ3n) is 12.2. The summed E-state index contributed by atoms with van der Waals surface area (Å²) in [6.07, 6.45) is 4.91. The molecule has 6 aromatic rings. The zero-order valence-corrected chi connectivity index (χ0v) is 31.2. The molecule has 5 heterocycles. The SMILES string of the molecule is Cc1c(-c2ccc(O)cc2)n(Cc2ccc(N3CCC(CN4CCN(c5ccc6occ(C7CCC(=O)NC7=O)c6c5)CC4)CC3)cc2)c2ccc(O)cc12. The minimum Gasteiger partial charge on any atom is -0.508 e. The molecular formula is C45H47N5O5. The van der Waals surface area contributed by atoms with E-state index < -0.39 is 0 Å². The average Bonchev–Trinajstić information content (AvgIpc) is 3.73. The van der Waals surface area contributed by atoms with E-state index in [-0.39, 0.29) is 29.2 Å². The van der Waals surface area contributed by atoms with Gasteiger partial charge in [-0.1, -0.05) is 12.1 Å². The standard InChI is InChI=1S/C45H47N5O5/c1-29-38-25-36(52)11-13-41(38)50(44(29)32-4-9-35(51)10-5-32)27-30-2-6-33(7-3-30)48-18-16-31(17-19-48)26-47-20-22-49(23-21-47)34-8-14-42-39(24-34)40(28-55-42)37-12-15-43(53)46-45(37)54/h2-11,13-14,24-25,28,31,37,51-52H,12,15-23,26-27H2,1H3,(H,46,53,54). The van der Waals surface area contributed by atoms with Gasteiger partial charge in [0.05, 0.1) is 17.9 Å². The lowest BCUT2D eigenvalue weighted by Gasteiger charge is -2.40. The number of phenols is 2. The number of piperazine rings is 1. The van der Waals surface area contributed by atoms with Crippen molar-refractivity contribution in [2.75, 3.05) is 55.6 Å². The molecule has 3 aliphatic rings. The highest BCUT2D eigenvalue weighted by Gasteiger charge is 2.31. The third kappa shape index (κ3) is 6.91. The summed E-state index contributed by atoms with van der Waals surface area (Å²) in [6, 6.07) is 28.2. The molecule has 9 rings (SSSR count).